The molecule has 0 saturated heterocycles. The Bertz CT molecular complexity index is 424. The lowest BCUT2D eigenvalue weighted by molar-refractivity contribution is -0.241. The van der Waals surface area contributed by atoms with Crippen molar-refractivity contribution in [3.63, 3.8) is 0 Å². The average Bonchev–Trinajstić information content (AvgIpc) is 2.45. The largest absolute Gasteiger partial charge is 0.326 e. The highest BCUT2D eigenvalue weighted by Gasteiger charge is 2.48. The van der Waals surface area contributed by atoms with Crippen LogP contribution >= 0.6 is 9.47 Å². The quantitative estimate of drug-likeness (QED) is 0.498. The molecular weight excluding hydrogens is 303 g/mol. The summed E-state index contributed by atoms with van der Waals surface area (Å²) >= 11 is 0. The molecule has 3 nitrogen and oxygen atoms in total. The third-order valence-electron chi connectivity index (χ3n) is 4.24. The van der Waals surface area contributed by atoms with Crippen LogP contribution in [0.1, 0.15) is 61.0 Å². The van der Waals surface area contributed by atoms with Crippen molar-refractivity contribution in [3.05, 3.63) is 35.9 Å². The SMILES string of the molecule is CC(C)N(C(C)C)C(OP)(c1ccccc1)N(C(C)C)C(C)C. The molecule has 0 fully saturated rings. The lowest BCUT2D eigenvalue weighted by atomic mass is 10.00. The van der Waals surface area contributed by atoms with Crippen molar-refractivity contribution in [2.24, 2.45) is 0 Å². The number of hydrogen-bond donors (Lipinski definition) is 0. The molecular formula is C19H35N2OP. The fourth-order valence-electron chi connectivity index (χ4n) is 3.87. The van der Waals surface area contributed by atoms with Gasteiger partial charge in [0.25, 0.3) is 0 Å². The van der Waals surface area contributed by atoms with Crippen molar-refractivity contribution in [3.8, 4) is 0 Å². The summed E-state index contributed by atoms with van der Waals surface area (Å²) in [6.45, 7) is 17.9. The van der Waals surface area contributed by atoms with E-state index in [0.29, 0.717) is 24.2 Å². The molecule has 0 radical (unpaired) electrons. The van der Waals surface area contributed by atoms with Gasteiger partial charge in [0.2, 0.25) is 5.85 Å². The van der Waals surface area contributed by atoms with Crippen LogP contribution in [-0.4, -0.2) is 34.0 Å². The van der Waals surface area contributed by atoms with E-state index in [-0.39, 0.29) is 0 Å². The molecule has 23 heavy (non-hydrogen) atoms. The van der Waals surface area contributed by atoms with E-state index < -0.39 is 5.85 Å². The van der Waals surface area contributed by atoms with Crippen LogP contribution in [0.15, 0.2) is 30.3 Å². The number of nitrogens with zero attached hydrogens (tertiary/aromatic N) is 2. The maximum Gasteiger partial charge on any atom is 0.210 e. The van der Waals surface area contributed by atoms with Gasteiger partial charge in [-0.3, -0.25) is 9.80 Å². The minimum atomic E-state index is -0.614. The molecule has 0 N–H and O–H groups in total. The first-order chi connectivity index (χ1) is 10.7. The summed E-state index contributed by atoms with van der Waals surface area (Å²) in [6.07, 6.45) is 0. The molecule has 1 rings (SSSR count). The van der Waals surface area contributed by atoms with E-state index >= 15 is 0 Å². The molecule has 0 saturated carbocycles. The molecule has 132 valence electrons. The van der Waals surface area contributed by atoms with Gasteiger partial charge in [-0.15, -0.1) is 0 Å². The fraction of sp³-hybridized carbons (Fsp3) is 0.684. The highest BCUT2D eigenvalue weighted by atomic mass is 31.0. The highest BCUT2D eigenvalue weighted by molar-refractivity contribution is 7.09. The summed E-state index contributed by atoms with van der Waals surface area (Å²) in [5.41, 5.74) is 1.17. The predicted octanol–water partition coefficient (Wildman–Crippen LogP) is 4.84. The van der Waals surface area contributed by atoms with Gasteiger partial charge in [-0.1, -0.05) is 30.3 Å². The van der Waals surface area contributed by atoms with Crippen LogP contribution in [0, 0.1) is 0 Å². The maximum absolute atomic E-state index is 6.26. The normalized spacial score (nSPS) is 13.3. The van der Waals surface area contributed by atoms with Crippen LogP contribution in [-0.2, 0) is 10.4 Å². The van der Waals surface area contributed by atoms with Gasteiger partial charge in [0, 0.05) is 39.2 Å². The molecule has 1 aromatic carbocycles. The minimum Gasteiger partial charge on any atom is -0.326 e. The van der Waals surface area contributed by atoms with E-state index in [1.807, 2.05) is 0 Å². The first-order valence-corrected chi connectivity index (χ1v) is 9.17. The van der Waals surface area contributed by atoms with Crippen LogP contribution in [0.4, 0.5) is 0 Å². The average molecular weight is 338 g/mol. The van der Waals surface area contributed by atoms with Gasteiger partial charge in [-0.05, 0) is 55.4 Å². The summed E-state index contributed by atoms with van der Waals surface area (Å²) in [7, 11) is 2.53. The van der Waals surface area contributed by atoms with E-state index in [9.17, 15) is 0 Å². The predicted molar refractivity (Wildman–Crippen MR) is 103 cm³/mol. The van der Waals surface area contributed by atoms with Crippen LogP contribution in [0.25, 0.3) is 0 Å². The lowest BCUT2D eigenvalue weighted by Gasteiger charge is -2.55. The van der Waals surface area contributed by atoms with E-state index in [2.05, 4.69) is 105 Å². The highest BCUT2D eigenvalue weighted by Crippen LogP contribution is 2.41. The van der Waals surface area contributed by atoms with Gasteiger partial charge in [0.1, 0.15) is 0 Å². The van der Waals surface area contributed by atoms with Crippen LogP contribution < -0.4 is 0 Å². The molecule has 1 atom stereocenters. The lowest BCUT2D eigenvalue weighted by Crippen LogP contribution is -2.66. The molecule has 0 aromatic heterocycles. The zero-order valence-electron chi connectivity index (χ0n) is 16.1. The van der Waals surface area contributed by atoms with E-state index in [1.54, 1.807) is 0 Å². The summed E-state index contributed by atoms with van der Waals surface area (Å²) < 4.78 is 6.26. The van der Waals surface area contributed by atoms with Crippen LogP contribution in [0.5, 0.6) is 0 Å². The Morgan fingerprint density at radius 3 is 1.35 bits per heavy atom. The number of hydrogen-bond acceptors (Lipinski definition) is 3. The van der Waals surface area contributed by atoms with Crippen LogP contribution in [0.2, 0.25) is 0 Å². The molecule has 1 aromatic rings. The van der Waals surface area contributed by atoms with Crippen molar-refractivity contribution >= 4 is 9.47 Å². The van der Waals surface area contributed by atoms with Gasteiger partial charge in [-0.25, -0.2) is 0 Å². The second kappa shape index (κ2) is 8.58. The second-order valence-corrected chi connectivity index (χ2v) is 7.52. The van der Waals surface area contributed by atoms with Crippen molar-refractivity contribution in [1.82, 2.24) is 9.80 Å². The number of rotatable bonds is 8. The standard InChI is InChI=1S/C19H35N2OP/c1-14(2)20(15(3)4)19(22-23,18-12-10-9-11-13-18)21(16(5)6)17(7)8/h9-17H,23H2,1-8H3. The van der Waals surface area contributed by atoms with Gasteiger partial charge >= 0.3 is 0 Å². The molecule has 4 heteroatoms. The van der Waals surface area contributed by atoms with Crippen LogP contribution in [0.3, 0.4) is 0 Å². The summed E-state index contributed by atoms with van der Waals surface area (Å²) in [6, 6.07) is 11.9. The molecule has 0 amide bonds. The van der Waals surface area contributed by atoms with Gasteiger partial charge in [0.15, 0.2) is 0 Å². The summed E-state index contributed by atoms with van der Waals surface area (Å²) in [5.74, 6) is -0.614. The van der Waals surface area contributed by atoms with E-state index in [4.69, 9.17) is 4.52 Å². The summed E-state index contributed by atoms with van der Waals surface area (Å²) in [5, 5.41) is 0. The van der Waals surface area contributed by atoms with Crippen molar-refractivity contribution < 1.29 is 4.52 Å². The molecule has 0 spiro atoms. The molecule has 1 unspecified atom stereocenters. The Morgan fingerprint density at radius 1 is 0.739 bits per heavy atom. The Morgan fingerprint density at radius 2 is 1.09 bits per heavy atom. The van der Waals surface area contributed by atoms with Gasteiger partial charge in [-0.2, -0.15) is 0 Å². The Labute approximate surface area is 145 Å². The molecule has 0 heterocycles. The first-order valence-electron chi connectivity index (χ1n) is 8.70. The van der Waals surface area contributed by atoms with Gasteiger partial charge in [0.05, 0.1) is 0 Å². The minimum absolute atomic E-state index is 0.343. The zero-order chi connectivity index (χ0) is 17.8. The van der Waals surface area contributed by atoms with E-state index in [1.165, 1.54) is 5.56 Å². The van der Waals surface area contributed by atoms with E-state index in [0.717, 1.165) is 0 Å². The second-order valence-electron chi connectivity index (χ2n) is 7.28. The first kappa shape index (κ1) is 20.6. The molecule has 0 aliphatic carbocycles. The Balaban J connectivity index is 3.68. The van der Waals surface area contributed by atoms with Crippen molar-refractivity contribution in [2.75, 3.05) is 0 Å². The summed E-state index contributed by atoms with van der Waals surface area (Å²) in [4.78, 5) is 4.91. The Kier molecular flexibility index (Phi) is 7.67. The fourth-order valence-corrected chi connectivity index (χ4v) is 4.25. The third-order valence-corrected chi connectivity index (χ3v) is 4.57. The topological polar surface area (TPSA) is 15.7 Å². The molecule has 0 aliphatic heterocycles. The Hall–Kier alpha value is -0.470. The number of benzene rings is 1. The molecule has 0 aliphatic rings. The zero-order valence-corrected chi connectivity index (χ0v) is 17.2. The molecule has 0 bridgehead atoms. The maximum atomic E-state index is 6.26. The third kappa shape index (κ3) is 4.14. The van der Waals surface area contributed by atoms with Crippen molar-refractivity contribution in [1.29, 1.82) is 0 Å². The van der Waals surface area contributed by atoms with Crippen molar-refractivity contribution in [2.45, 2.75) is 85.4 Å². The van der Waals surface area contributed by atoms with Gasteiger partial charge < -0.3 is 4.52 Å². The smallest absolute Gasteiger partial charge is 0.210 e. The monoisotopic (exact) mass is 338 g/mol.